The predicted octanol–water partition coefficient (Wildman–Crippen LogP) is 3.64. The number of carbonyl (C=O) groups is 1. The molecule has 1 rings (SSSR count). The van der Waals surface area contributed by atoms with Crippen molar-refractivity contribution in [3.8, 4) is 5.75 Å². The highest BCUT2D eigenvalue weighted by Crippen LogP contribution is 2.32. The highest BCUT2D eigenvalue weighted by Gasteiger charge is 2.43. The molecule has 1 aromatic carbocycles. The molecular formula is C11H8F6O2. The van der Waals surface area contributed by atoms with Crippen molar-refractivity contribution < 1.29 is 35.9 Å². The Bertz CT molecular complexity index is 507. The number of ether oxygens (including phenoxy) is 1. The molecule has 0 aliphatic heterocycles. The summed E-state index contributed by atoms with van der Waals surface area (Å²) in [6.45, 7) is 2.71. The van der Waals surface area contributed by atoms with Crippen molar-refractivity contribution in [1.82, 2.24) is 0 Å². The first-order valence-corrected chi connectivity index (χ1v) is 5.01. The van der Waals surface area contributed by atoms with Crippen LogP contribution in [0.25, 0.3) is 0 Å². The van der Waals surface area contributed by atoms with Crippen LogP contribution >= 0.6 is 0 Å². The average molecular weight is 286 g/mol. The second-order valence-electron chi connectivity index (χ2n) is 3.85. The first-order valence-electron chi connectivity index (χ1n) is 5.01. The summed E-state index contributed by atoms with van der Waals surface area (Å²) in [5.74, 6) is -9.43. The summed E-state index contributed by atoms with van der Waals surface area (Å²) in [6.07, 6.45) is -6.25. The standard InChI is InChI=1S/C11H8F6O2/c1-4(2)19-9-6(13)3-5(12)7(8(9)14)10(18)11(15,16)17/h3-4H,1-2H3. The number of benzene rings is 1. The molecule has 0 saturated carbocycles. The maximum atomic E-state index is 13.6. The minimum atomic E-state index is -5.48. The van der Waals surface area contributed by atoms with Gasteiger partial charge in [-0.1, -0.05) is 0 Å². The molecule has 0 heterocycles. The Kier molecular flexibility index (Phi) is 4.12. The van der Waals surface area contributed by atoms with Gasteiger partial charge in [0.2, 0.25) is 0 Å². The predicted molar refractivity (Wildman–Crippen MR) is 52.5 cm³/mol. The summed E-state index contributed by atoms with van der Waals surface area (Å²) in [4.78, 5) is 10.9. The van der Waals surface area contributed by atoms with Crippen LogP contribution in [0.4, 0.5) is 26.3 Å². The fourth-order valence-electron chi connectivity index (χ4n) is 1.27. The molecular weight excluding hydrogens is 278 g/mol. The number of carbonyl (C=O) groups excluding carboxylic acids is 1. The van der Waals surface area contributed by atoms with E-state index in [-0.39, 0.29) is 6.07 Å². The second-order valence-corrected chi connectivity index (χ2v) is 3.85. The molecule has 8 heteroatoms. The van der Waals surface area contributed by atoms with Gasteiger partial charge in [0.1, 0.15) is 11.4 Å². The molecule has 0 unspecified atom stereocenters. The van der Waals surface area contributed by atoms with Gasteiger partial charge in [0, 0.05) is 6.07 Å². The monoisotopic (exact) mass is 286 g/mol. The van der Waals surface area contributed by atoms with Gasteiger partial charge < -0.3 is 4.74 Å². The lowest BCUT2D eigenvalue weighted by Crippen LogP contribution is -2.26. The first kappa shape index (κ1) is 15.3. The van der Waals surface area contributed by atoms with Crippen molar-refractivity contribution in [3.63, 3.8) is 0 Å². The lowest BCUT2D eigenvalue weighted by atomic mass is 10.1. The lowest BCUT2D eigenvalue weighted by Gasteiger charge is -2.14. The molecule has 0 amide bonds. The number of Topliss-reactive ketones (excluding diaryl/α,β-unsaturated/α-hetero) is 1. The Morgan fingerprint density at radius 1 is 1.16 bits per heavy atom. The largest absolute Gasteiger partial charge is 0.485 e. The van der Waals surface area contributed by atoms with Crippen LogP contribution in [0.15, 0.2) is 6.07 Å². The molecule has 0 aliphatic rings. The molecule has 2 nitrogen and oxygen atoms in total. The smallest absolute Gasteiger partial charge is 0.455 e. The molecule has 0 bridgehead atoms. The molecule has 0 fully saturated rings. The summed E-state index contributed by atoms with van der Waals surface area (Å²) in [7, 11) is 0. The second kappa shape index (κ2) is 5.10. The highest BCUT2D eigenvalue weighted by molar-refractivity contribution is 6.01. The van der Waals surface area contributed by atoms with E-state index in [0.29, 0.717) is 0 Å². The van der Waals surface area contributed by atoms with Gasteiger partial charge in [-0.25, -0.2) is 13.2 Å². The normalized spacial score (nSPS) is 11.8. The van der Waals surface area contributed by atoms with Gasteiger partial charge in [-0.3, -0.25) is 4.79 Å². The minimum absolute atomic E-state index is 0.0280. The van der Waals surface area contributed by atoms with E-state index in [1.807, 2.05) is 0 Å². The van der Waals surface area contributed by atoms with Crippen LogP contribution in [-0.2, 0) is 0 Å². The number of hydrogen-bond acceptors (Lipinski definition) is 2. The Morgan fingerprint density at radius 3 is 2.11 bits per heavy atom. The topological polar surface area (TPSA) is 26.3 Å². The van der Waals surface area contributed by atoms with Gasteiger partial charge in [-0.15, -0.1) is 0 Å². The van der Waals surface area contributed by atoms with Crippen molar-refractivity contribution in [2.45, 2.75) is 26.1 Å². The number of hydrogen-bond donors (Lipinski definition) is 0. The number of halogens is 6. The van der Waals surface area contributed by atoms with Crippen LogP contribution in [0.2, 0.25) is 0 Å². The Morgan fingerprint density at radius 2 is 1.68 bits per heavy atom. The molecule has 0 aromatic heterocycles. The molecule has 1 aromatic rings. The zero-order valence-electron chi connectivity index (χ0n) is 9.74. The van der Waals surface area contributed by atoms with Crippen LogP contribution in [0, 0.1) is 17.5 Å². The average Bonchev–Trinajstić information content (AvgIpc) is 2.22. The summed E-state index contributed by atoms with van der Waals surface area (Å²) in [6, 6.07) is -0.0280. The van der Waals surface area contributed by atoms with Crippen molar-refractivity contribution in [2.75, 3.05) is 0 Å². The zero-order chi connectivity index (χ0) is 15.0. The highest BCUT2D eigenvalue weighted by atomic mass is 19.4. The Labute approximate surface area is 104 Å². The van der Waals surface area contributed by atoms with E-state index in [1.54, 1.807) is 0 Å². The Hall–Kier alpha value is -1.73. The Balaban J connectivity index is 3.45. The van der Waals surface area contributed by atoms with Gasteiger partial charge in [0.15, 0.2) is 17.4 Å². The molecule has 0 N–H and O–H groups in total. The van der Waals surface area contributed by atoms with E-state index in [9.17, 15) is 31.1 Å². The van der Waals surface area contributed by atoms with Crippen LogP contribution in [0.3, 0.4) is 0 Å². The van der Waals surface area contributed by atoms with Crippen molar-refractivity contribution in [2.24, 2.45) is 0 Å². The van der Waals surface area contributed by atoms with Gasteiger partial charge in [0.25, 0.3) is 5.78 Å². The van der Waals surface area contributed by atoms with E-state index in [4.69, 9.17) is 0 Å². The first-order chi connectivity index (χ1) is 8.55. The summed E-state index contributed by atoms with van der Waals surface area (Å²) >= 11 is 0. The van der Waals surface area contributed by atoms with Gasteiger partial charge in [-0.2, -0.15) is 13.2 Å². The van der Waals surface area contributed by atoms with Crippen LogP contribution < -0.4 is 4.74 Å². The van der Waals surface area contributed by atoms with Crippen molar-refractivity contribution in [3.05, 3.63) is 29.1 Å². The van der Waals surface area contributed by atoms with Crippen LogP contribution in [0.1, 0.15) is 24.2 Å². The summed E-state index contributed by atoms with van der Waals surface area (Å²) in [5.41, 5.74) is -1.88. The lowest BCUT2D eigenvalue weighted by molar-refractivity contribution is -0.0890. The molecule has 0 saturated heterocycles. The molecule has 0 spiro atoms. The molecule has 106 valence electrons. The number of ketones is 1. The quantitative estimate of drug-likeness (QED) is 0.626. The maximum Gasteiger partial charge on any atom is 0.455 e. The molecule has 0 aliphatic carbocycles. The minimum Gasteiger partial charge on any atom is -0.485 e. The molecule has 19 heavy (non-hydrogen) atoms. The molecule has 0 atom stereocenters. The van der Waals surface area contributed by atoms with Gasteiger partial charge in [0.05, 0.1) is 6.10 Å². The fourth-order valence-corrected chi connectivity index (χ4v) is 1.27. The van der Waals surface area contributed by atoms with Gasteiger partial charge in [-0.05, 0) is 13.8 Å². The van der Waals surface area contributed by atoms with E-state index < -0.39 is 46.8 Å². The third kappa shape index (κ3) is 3.18. The molecule has 0 radical (unpaired) electrons. The van der Waals surface area contributed by atoms with Crippen LogP contribution in [0.5, 0.6) is 5.75 Å². The number of alkyl halides is 3. The van der Waals surface area contributed by atoms with Crippen LogP contribution in [-0.4, -0.2) is 18.1 Å². The SMILES string of the molecule is CC(C)Oc1c(F)cc(F)c(C(=O)C(F)(F)F)c1F. The van der Waals surface area contributed by atoms with E-state index >= 15 is 0 Å². The summed E-state index contributed by atoms with van der Waals surface area (Å²) in [5, 5.41) is 0. The third-order valence-electron chi connectivity index (χ3n) is 1.97. The van der Waals surface area contributed by atoms with E-state index in [1.165, 1.54) is 13.8 Å². The summed E-state index contributed by atoms with van der Waals surface area (Å²) < 4.78 is 81.1. The van der Waals surface area contributed by atoms with E-state index in [2.05, 4.69) is 4.74 Å². The van der Waals surface area contributed by atoms with E-state index in [0.717, 1.165) is 0 Å². The third-order valence-corrected chi connectivity index (χ3v) is 1.97. The fraction of sp³-hybridized carbons (Fsp3) is 0.364. The number of rotatable bonds is 3. The van der Waals surface area contributed by atoms with Crippen molar-refractivity contribution in [1.29, 1.82) is 0 Å². The van der Waals surface area contributed by atoms with Crippen molar-refractivity contribution >= 4 is 5.78 Å². The zero-order valence-corrected chi connectivity index (χ0v) is 9.74. The van der Waals surface area contributed by atoms with Gasteiger partial charge >= 0.3 is 6.18 Å². The maximum absolute atomic E-state index is 13.6.